The molecule has 1 amide bonds. The molecule has 1 N–H and O–H groups in total. The third kappa shape index (κ3) is 1.03. The number of fused-ring (bicyclic) bond motifs is 1. The highest BCUT2D eigenvalue weighted by Crippen LogP contribution is 2.27. The number of hydrogen-bond acceptors (Lipinski definition) is 2. The highest BCUT2D eigenvalue weighted by molar-refractivity contribution is 5.79. The molecule has 2 aliphatic rings. The van der Waals surface area contributed by atoms with Crippen molar-refractivity contribution in [1.82, 2.24) is 4.90 Å². The lowest BCUT2D eigenvalue weighted by molar-refractivity contribution is -0.129. The minimum atomic E-state index is -0.386. The smallest absolute Gasteiger partial charge is 0.225 e. The number of aliphatic hydroxyl groups excluding tert-OH is 1. The quantitative estimate of drug-likeness (QED) is 0.540. The molecule has 0 bridgehead atoms. The molecule has 3 heteroatoms. The monoisotopic (exact) mass is 155 g/mol. The van der Waals surface area contributed by atoms with Crippen molar-refractivity contribution in [3.8, 4) is 0 Å². The van der Waals surface area contributed by atoms with Gasteiger partial charge in [-0.25, -0.2) is 0 Å². The molecule has 11 heavy (non-hydrogen) atoms. The average Bonchev–Trinajstić information content (AvgIpc) is 2.30. The van der Waals surface area contributed by atoms with Gasteiger partial charge >= 0.3 is 0 Å². The highest BCUT2D eigenvalue weighted by atomic mass is 16.3. The molecule has 0 unspecified atom stereocenters. The van der Waals surface area contributed by atoms with E-state index in [9.17, 15) is 9.90 Å². The summed E-state index contributed by atoms with van der Waals surface area (Å²) in [6.45, 7) is 0.862. The Kier molecular flexibility index (Phi) is 1.60. The van der Waals surface area contributed by atoms with Crippen LogP contribution in [-0.4, -0.2) is 34.6 Å². The predicted molar refractivity (Wildman–Crippen MR) is 40.0 cm³/mol. The summed E-state index contributed by atoms with van der Waals surface area (Å²) >= 11 is 0. The van der Waals surface area contributed by atoms with Gasteiger partial charge in [0.05, 0.1) is 18.6 Å². The van der Waals surface area contributed by atoms with Crippen LogP contribution in [0.2, 0.25) is 0 Å². The third-order valence-corrected chi connectivity index (χ3v) is 2.70. The third-order valence-electron chi connectivity index (χ3n) is 2.70. The molecule has 62 valence electrons. The average molecular weight is 155 g/mol. The Hall–Kier alpha value is -0.570. The second-order valence-corrected chi connectivity index (χ2v) is 3.42. The zero-order valence-corrected chi connectivity index (χ0v) is 6.49. The number of carbonyl (C=O) groups is 1. The van der Waals surface area contributed by atoms with Gasteiger partial charge in [0.25, 0.3) is 0 Å². The van der Waals surface area contributed by atoms with E-state index in [4.69, 9.17) is 0 Å². The van der Waals surface area contributed by atoms with E-state index in [-0.39, 0.29) is 18.1 Å². The van der Waals surface area contributed by atoms with Crippen molar-refractivity contribution in [1.29, 1.82) is 0 Å². The zero-order chi connectivity index (χ0) is 7.84. The molecule has 0 radical (unpaired) electrons. The Morgan fingerprint density at radius 3 is 3.00 bits per heavy atom. The van der Waals surface area contributed by atoms with Gasteiger partial charge in [-0.3, -0.25) is 4.79 Å². The van der Waals surface area contributed by atoms with E-state index in [1.165, 1.54) is 0 Å². The maximum absolute atomic E-state index is 11.2. The molecule has 0 aliphatic carbocycles. The van der Waals surface area contributed by atoms with Crippen LogP contribution in [0.25, 0.3) is 0 Å². The Morgan fingerprint density at radius 2 is 2.27 bits per heavy atom. The molecule has 2 saturated heterocycles. The second-order valence-electron chi connectivity index (χ2n) is 3.42. The van der Waals surface area contributed by atoms with Crippen LogP contribution in [-0.2, 0) is 4.79 Å². The van der Waals surface area contributed by atoms with Crippen molar-refractivity contribution in [2.45, 2.75) is 37.8 Å². The Morgan fingerprint density at radius 1 is 1.45 bits per heavy atom. The van der Waals surface area contributed by atoms with Crippen molar-refractivity contribution < 1.29 is 9.90 Å². The molecule has 0 aromatic heterocycles. The molecule has 0 aromatic carbocycles. The van der Waals surface area contributed by atoms with E-state index in [0.29, 0.717) is 6.42 Å². The van der Waals surface area contributed by atoms with Crippen LogP contribution in [0.5, 0.6) is 0 Å². The molecule has 2 aliphatic heterocycles. The van der Waals surface area contributed by atoms with Gasteiger partial charge in [0, 0.05) is 6.54 Å². The van der Waals surface area contributed by atoms with Crippen LogP contribution in [0.3, 0.4) is 0 Å². The van der Waals surface area contributed by atoms with E-state index in [1.54, 1.807) is 0 Å². The molecule has 0 spiro atoms. The first-order valence-electron chi connectivity index (χ1n) is 4.26. The largest absolute Gasteiger partial charge is 0.390 e. The SMILES string of the molecule is O=C1C[C@H](O)[C@H]2CCCCN12. The molecular weight excluding hydrogens is 142 g/mol. The topological polar surface area (TPSA) is 40.5 Å². The van der Waals surface area contributed by atoms with Gasteiger partial charge in [0.1, 0.15) is 0 Å². The Balaban J connectivity index is 2.13. The number of rotatable bonds is 0. The molecule has 2 heterocycles. The number of carbonyl (C=O) groups excluding carboxylic acids is 1. The van der Waals surface area contributed by atoms with Crippen LogP contribution in [0.4, 0.5) is 0 Å². The van der Waals surface area contributed by atoms with Crippen LogP contribution < -0.4 is 0 Å². The maximum atomic E-state index is 11.2. The molecular formula is C8H13NO2. The predicted octanol–water partition coefficient (Wildman–Crippen LogP) is 0.132. The number of nitrogens with zero attached hydrogens (tertiary/aromatic N) is 1. The van der Waals surface area contributed by atoms with Gasteiger partial charge in [-0.1, -0.05) is 0 Å². The van der Waals surface area contributed by atoms with E-state index >= 15 is 0 Å². The van der Waals surface area contributed by atoms with Crippen LogP contribution in [0.15, 0.2) is 0 Å². The summed E-state index contributed by atoms with van der Waals surface area (Å²) in [5, 5.41) is 9.43. The van der Waals surface area contributed by atoms with Crippen LogP contribution >= 0.6 is 0 Å². The minimum absolute atomic E-state index is 0.141. The van der Waals surface area contributed by atoms with Crippen molar-refractivity contribution in [3.05, 3.63) is 0 Å². The summed E-state index contributed by atoms with van der Waals surface area (Å²) in [6, 6.07) is 0.149. The van der Waals surface area contributed by atoms with Gasteiger partial charge < -0.3 is 10.0 Å². The summed E-state index contributed by atoms with van der Waals surface area (Å²) in [6.07, 6.45) is 3.22. The summed E-state index contributed by atoms with van der Waals surface area (Å²) in [5.74, 6) is 0.141. The van der Waals surface area contributed by atoms with Crippen molar-refractivity contribution in [2.24, 2.45) is 0 Å². The van der Waals surface area contributed by atoms with Crippen LogP contribution in [0, 0.1) is 0 Å². The van der Waals surface area contributed by atoms with Gasteiger partial charge in [-0.05, 0) is 19.3 Å². The molecule has 3 nitrogen and oxygen atoms in total. The van der Waals surface area contributed by atoms with E-state index in [0.717, 1.165) is 25.8 Å². The maximum Gasteiger partial charge on any atom is 0.225 e. The van der Waals surface area contributed by atoms with Crippen molar-refractivity contribution >= 4 is 5.91 Å². The van der Waals surface area contributed by atoms with E-state index in [1.807, 2.05) is 4.90 Å². The number of amides is 1. The first-order chi connectivity index (χ1) is 5.29. The summed E-state index contributed by atoms with van der Waals surface area (Å²) in [7, 11) is 0. The normalized spacial score (nSPS) is 37.5. The summed E-state index contributed by atoms with van der Waals surface area (Å²) < 4.78 is 0. The van der Waals surface area contributed by atoms with Crippen LogP contribution in [0.1, 0.15) is 25.7 Å². The van der Waals surface area contributed by atoms with Crippen molar-refractivity contribution in [2.75, 3.05) is 6.54 Å². The van der Waals surface area contributed by atoms with E-state index < -0.39 is 0 Å². The lowest BCUT2D eigenvalue weighted by Gasteiger charge is -2.30. The lowest BCUT2D eigenvalue weighted by atomic mass is 10.0. The first-order valence-corrected chi connectivity index (χ1v) is 4.26. The highest BCUT2D eigenvalue weighted by Gasteiger charge is 2.39. The van der Waals surface area contributed by atoms with E-state index in [2.05, 4.69) is 0 Å². The molecule has 0 aromatic rings. The standard InChI is InChI=1S/C8H13NO2/c10-7-5-8(11)9-4-2-1-3-6(7)9/h6-7,10H,1-5H2/t6-,7+/m1/s1. The number of piperidine rings is 1. The fourth-order valence-corrected chi connectivity index (χ4v) is 2.10. The Labute approximate surface area is 66.0 Å². The van der Waals surface area contributed by atoms with Gasteiger partial charge in [-0.2, -0.15) is 0 Å². The fraction of sp³-hybridized carbons (Fsp3) is 0.875. The molecule has 2 rings (SSSR count). The number of hydrogen-bond donors (Lipinski definition) is 1. The Bertz CT molecular complexity index is 181. The molecule has 0 saturated carbocycles. The molecule has 2 atom stereocenters. The first kappa shape index (κ1) is 7.10. The zero-order valence-electron chi connectivity index (χ0n) is 6.49. The summed E-state index contributed by atoms with van der Waals surface area (Å²) in [4.78, 5) is 13.0. The number of aliphatic hydroxyl groups is 1. The molecule has 2 fully saturated rings. The summed E-state index contributed by atoms with van der Waals surface area (Å²) in [5.41, 5.74) is 0. The van der Waals surface area contributed by atoms with Gasteiger partial charge in [0.2, 0.25) is 5.91 Å². The van der Waals surface area contributed by atoms with Gasteiger partial charge in [0.15, 0.2) is 0 Å². The lowest BCUT2D eigenvalue weighted by Crippen LogP contribution is -2.40. The minimum Gasteiger partial charge on any atom is -0.390 e. The van der Waals surface area contributed by atoms with Gasteiger partial charge in [-0.15, -0.1) is 0 Å². The fourth-order valence-electron chi connectivity index (χ4n) is 2.10. The van der Waals surface area contributed by atoms with Crippen molar-refractivity contribution in [3.63, 3.8) is 0 Å². The second kappa shape index (κ2) is 2.48.